The number of benzene rings is 3. The van der Waals surface area contributed by atoms with Crippen molar-refractivity contribution in [2.24, 2.45) is 0 Å². The van der Waals surface area contributed by atoms with Crippen LogP contribution in [0.2, 0.25) is 0 Å². The van der Waals surface area contributed by atoms with Gasteiger partial charge in [0.1, 0.15) is 18.1 Å². The minimum Gasteiger partial charge on any atom is -0.467 e. The van der Waals surface area contributed by atoms with Crippen molar-refractivity contribution < 1.29 is 14.0 Å². The largest absolute Gasteiger partial charge is 0.467 e. The average Bonchev–Trinajstić information content (AvgIpc) is 3.61. The highest BCUT2D eigenvalue weighted by Gasteiger charge is 2.38. The van der Waals surface area contributed by atoms with Gasteiger partial charge >= 0.3 is 0 Å². The van der Waals surface area contributed by atoms with Crippen LogP contribution in [0, 0.1) is 13.8 Å². The molecule has 0 saturated carbocycles. The minimum atomic E-state index is -0.279. The highest BCUT2D eigenvalue weighted by molar-refractivity contribution is 8.00. The summed E-state index contributed by atoms with van der Waals surface area (Å²) >= 11 is 1.57. The lowest BCUT2D eigenvalue weighted by molar-refractivity contribution is -0.123. The second-order valence-corrected chi connectivity index (χ2v) is 11.2. The van der Waals surface area contributed by atoms with Crippen molar-refractivity contribution in [2.45, 2.75) is 25.6 Å². The van der Waals surface area contributed by atoms with Crippen molar-refractivity contribution in [3.63, 3.8) is 0 Å². The number of carbonyl (C=O) groups excluding carboxylic acids is 2. The third-order valence-electron chi connectivity index (χ3n) is 7.17. The van der Waals surface area contributed by atoms with Gasteiger partial charge in [0.2, 0.25) is 11.8 Å². The normalized spacial score (nSPS) is 14.9. The van der Waals surface area contributed by atoms with E-state index in [2.05, 4.69) is 30.4 Å². The molecule has 2 aromatic heterocycles. The van der Waals surface area contributed by atoms with Crippen molar-refractivity contribution in [3.8, 4) is 16.9 Å². The van der Waals surface area contributed by atoms with Crippen molar-refractivity contribution in [2.75, 3.05) is 17.2 Å². The molecule has 3 aromatic carbocycles. The molecule has 0 radical (unpaired) electrons. The fourth-order valence-electron chi connectivity index (χ4n) is 5.19. The number of carbonyl (C=O) groups is 2. The molecule has 0 spiro atoms. The monoisotopic (exact) mass is 562 g/mol. The first-order valence-corrected chi connectivity index (χ1v) is 14.6. The highest BCUT2D eigenvalue weighted by atomic mass is 32.2. The maximum atomic E-state index is 13.9. The van der Waals surface area contributed by atoms with E-state index in [1.54, 1.807) is 35.1 Å². The Bertz CT molecular complexity index is 1690. The molecule has 2 amide bonds. The lowest BCUT2D eigenvalue weighted by atomic mass is 9.98. The molecule has 8 heteroatoms. The van der Waals surface area contributed by atoms with E-state index in [0.29, 0.717) is 11.6 Å². The molecule has 0 aliphatic carbocycles. The van der Waals surface area contributed by atoms with Crippen LogP contribution in [0.4, 0.5) is 5.82 Å². The van der Waals surface area contributed by atoms with Gasteiger partial charge in [-0.05, 0) is 43.2 Å². The van der Waals surface area contributed by atoms with E-state index in [-0.39, 0.29) is 35.9 Å². The molecular weight excluding hydrogens is 532 g/mol. The molecule has 0 unspecified atom stereocenters. The Morgan fingerprint density at radius 1 is 1.00 bits per heavy atom. The van der Waals surface area contributed by atoms with Gasteiger partial charge in [0.25, 0.3) is 0 Å². The molecule has 7 nitrogen and oxygen atoms in total. The standard InChI is InChI=1S/C33H30N4O3S/c1-22-10-8-14-25(18-22)32-30-31(24-12-4-3-5-13-24)35-37(27-16-7-6-11-23(27)2)33(30)36(29(39)21-41-32)20-28(38)34-19-26-15-9-17-40-26/h3-18,32H,19-21H2,1-2H3,(H,34,38)/t32-/m0/s1. The average molecular weight is 563 g/mol. The van der Waals surface area contributed by atoms with Crippen LogP contribution in [0.5, 0.6) is 0 Å². The lowest BCUT2D eigenvalue weighted by Crippen LogP contribution is -2.42. The summed E-state index contributed by atoms with van der Waals surface area (Å²) in [6, 6.07) is 30.0. The van der Waals surface area contributed by atoms with E-state index in [1.807, 2.05) is 72.3 Å². The molecule has 0 saturated heterocycles. The summed E-state index contributed by atoms with van der Waals surface area (Å²) in [5, 5.41) is 7.91. The van der Waals surface area contributed by atoms with Crippen LogP contribution in [0.1, 0.15) is 33.3 Å². The number of furan rings is 1. The van der Waals surface area contributed by atoms with Crippen molar-refractivity contribution in [1.82, 2.24) is 15.1 Å². The molecule has 1 atom stereocenters. The number of nitrogens with zero attached hydrogens (tertiary/aromatic N) is 3. The molecule has 1 N–H and O–H groups in total. The number of anilines is 1. The second-order valence-electron chi connectivity index (χ2n) is 10.1. The van der Waals surface area contributed by atoms with Gasteiger partial charge < -0.3 is 9.73 Å². The number of thioether (sulfide) groups is 1. The Hall–Kier alpha value is -4.56. The van der Waals surface area contributed by atoms with E-state index in [4.69, 9.17) is 9.52 Å². The second kappa shape index (κ2) is 11.5. The Labute approximate surface area is 243 Å². The summed E-state index contributed by atoms with van der Waals surface area (Å²) in [6.45, 7) is 4.20. The Kier molecular flexibility index (Phi) is 7.48. The van der Waals surface area contributed by atoms with Gasteiger partial charge in [0, 0.05) is 11.1 Å². The number of para-hydroxylation sites is 1. The van der Waals surface area contributed by atoms with E-state index in [9.17, 15) is 9.59 Å². The topological polar surface area (TPSA) is 80.4 Å². The van der Waals surface area contributed by atoms with Gasteiger partial charge in [0.15, 0.2) is 0 Å². The van der Waals surface area contributed by atoms with Gasteiger partial charge in [0.05, 0.1) is 35.2 Å². The summed E-state index contributed by atoms with van der Waals surface area (Å²) in [7, 11) is 0. The first kappa shape index (κ1) is 26.7. The molecule has 5 aromatic rings. The fourth-order valence-corrected chi connectivity index (χ4v) is 6.38. The molecular formula is C33H30N4O3S. The predicted octanol–water partition coefficient (Wildman–Crippen LogP) is 6.23. The first-order chi connectivity index (χ1) is 20.0. The molecule has 206 valence electrons. The summed E-state index contributed by atoms with van der Waals surface area (Å²) < 4.78 is 7.22. The van der Waals surface area contributed by atoms with Crippen LogP contribution >= 0.6 is 11.8 Å². The number of rotatable bonds is 7. The van der Waals surface area contributed by atoms with E-state index in [0.717, 1.165) is 39.2 Å². The molecule has 0 fully saturated rings. The summed E-state index contributed by atoms with van der Waals surface area (Å²) in [4.78, 5) is 28.7. The Morgan fingerprint density at radius 2 is 1.80 bits per heavy atom. The number of aryl methyl sites for hydroxylation is 2. The van der Waals surface area contributed by atoms with Gasteiger partial charge in [-0.2, -0.15) is 5.10 Å². The number of hydrogen-bond acceptors (Lipinski definition) is 5. The van der Waals surface area contributed by atoms with Gasteiger partial charge in [-0.1, -0.05) is 78.4 Å². The van der Waals surface area contributed by atoms with Crippen LogP contribution in [0.3, 0.4) is 0 Å². The molecule has 0 bridgehead atoms. The summed E-state index contributed by atoms with van der Waals surface area (Å²) in [6.07, 6.45) is 1.57. The zero-order chi connectivity index (χ0) is 28.3. The third-order valence-corrected chi connectivity index (χ3v) is 8.42. The van der Waals surface area contributed by atoms with E-state index in [1.165, 1.54) is 0 Å². The maximum absolute atomic E-state index is 13.9. The SMILES string of the molecule is Cc1cccc([C@@H]2SCC(=O)N(CC(=O)NCc3ccco3)c3c2c(-c2ccccc2)nn3-c2ccccc2C)c1. The molecule has 41 heavy (non-hydrogen) atoms. The lowest BCUT2D eigenvalue weighted by Gasteiger charge is -2.23. The van der Waals surface area contributed by atoms with Crippen LogP contribution in [0.25, 0.3) is 16.9 Å². The Morgan fingerprint density at radius 3 is 2.56 bits per heavy atom. The predicted molar refractivity (Wildman–Crippen MR) is 162 cm³/mol. The molecule has 1 aliphatic rings. The number of fused-ring (bicyclic) bond motifs is 1. The van der Waals surface area contributed by atoms with Crippen LogP contribution in [0.15, 0.2) is 102 Å². The van der Waals surface area contributed by atoms with Crippen molar-refractivity contribution >= 4 is 29.4 Å². The van der Waals surface area contributed by atoms with Gasteiger partial charge in [-0.25, -0.2) is 4.68 Å². The van der Waals surface area contributed by atoms with Crippen molar-refractivity contribution in [1.29, 1.82) is 0 Å². The first-order valence-electron chi connectivity index (χ1n) is 13.5. The zero-order valence-corrected chi connectivity index (χ0v) is 23.7. The van der Waals surface area contributed by atoms with Crippen LogP contribution in [-0.2, 0) is 16.1 Å². The maximum Gasteiger partial charge on any atom is 0.240 e. The fraction of sp³-hybridized carbons (Fsp3) is 0.182. The van der Waals surface area contributed by atoms with Crippen molar-refractivity contribution in [3.05, 3.63) is 125 Å². The highest BCUT2D eigenvalue weighted by Crippen LogP contribution is 2.48. The van der Waals surface area contributed by atoms with E-state index >= 15 is 0 Å². The summed E-state index contributed by atoms with van der Waals surface area (Å²) in [5.41, 5.74) is 6.76. The number of amides is 2. The minimum absolute atomic E-state index is 0.139. The zero-order valence-electron chi connectivity index (χ0n) is 22.9. The van der Waals surface area contributed by atoms with E-state index < -0.39 is 0 Å². The number of aromatic nitrogens is 2. The summed E-state index contributed by atoms with van der Waals surface area (Å²) in [5.74, 6) is 1.06. The molecule has 3 heterocycles. The third kappa shape index (κ3) is 5.43. The smallest absolute Gasteiger partial charge is 0.240 e. The van der Waals surface area contributed by atoms with Crippen LogP contribution < -0.4 is 10.2 Å². The number of hydrogen-bond donors (Lipinski definition) is 1. The Balaban J connectivity index is 1.55. The van der Waals surface area contributed by atoms with Gasteiger partial charge in [-0.3, -0.25) is 14.5 Å². The van der Waals surface area contributed by atoms with Crippen LogP contribution in [-0.4, -0.2) is 33.9 Å². The van der Waals surface area contributed by atoms with Gasteiger partial charge in [-0.15, -0.1) is 11.8 Å². The molecule has 6 rings (SSSR count). The number of nitrogens with one attached hydrogen (secondary N) is 1. The quantitative estimate of drug-likeness (QED) is 0.254. The molecule has 1 aliphatic heterocycles.